The maximum absolute atomic E-state index is 12.7. The van der Waals surface area contributed by atoms with Crippen LogP contribution in [0.5, 0.6) is 0 Å². The molecule has 0 fully saturated rings. The number of benzene rings is 1. The van der Waals surface area contributed by atoms with Gasteiger partial charge in [-0.1, -0.05) is 30.3 Å². The van der Waals surface area contributed by atoms with Crippen molar-refractivity contribution in [3.63, 3.8) is 0 Å². The monoisotopic (exact) mass is 226 g/mol. The quantitative estimate of drug-likeness (QED) is 0.730. The third-order valence-corrected chi connectivity index (χ3v) is 2.25. The summed E-state index contributed by atoms with van der Waals surface area (Å²) in [7, 11) is 1.55. The third kappa shape index (κ3) is 1.80. The van der Waals surface area contributed by atoms with Crippen LogP contribution in [0.25, 0.3) is 11.3 Å². The van der Waals surface area contributed by atoms with E-state index in [1.54, 1.807) is 37.4 Å². The second-order valence-electron chi connectivity index (χ2n) is 3.42. The van der Waals surface area contributed by atoms with Crippen molar-refractivity contribution in [1.29, 1.82) is 0 Å². The Morgan fingerprint density at radius 2 is 1.75 bits per heavy atom. The van der Waals surface area contributed by atoms with Gasteiger partial charge < -0.3 is 4.57 Å². The lowest BCUT2D eigenvalue weighted by atomic mass is 10.1. The lowest BCUT2D eigenvalue weighted by molar-refractivity contribution is -0.140. The summed E-state index contributed by atoms with van der Waals surface area (Å²) >= 11 is 0. The first-order valence-electron chi connectivity index (χ1n) is 4.64. The highest BCUT2D eigenvalue weighted by Crippen LogP contribution is 2.35. The van der Waals surface area contributed by atoms with E-state index in [9.17, 15) is 13.2 Å². The SMILES string of the molecule is Cn1cnc(C(F)(F)F)c1-c1ccccc1. The van der Waals surface area contributed by atoms with Crippen molar-refractivity contribution in [3.8, 4) is 11.3 Å². The minimum absolute atomic E-state index is 0.0908. The maximum atomic E-state index is 12.7. The first kappa shape index (κ1) is 10.7. The number of nitrogens with zero attached hydrogens (tertiary/aromatic N) is 2. The van der Waals surface area contributed by atoms with E-state index in [0.717, 1.165) is 0 Å². The fraction of sp³-hybridized carbons (Fsp3) is 0.182. The van der Waals surface area contributed by atoms with E-state index in [2.05, 4.69) is 4.98 Å². The normalized spacial score (nSPS) is 11.8. The summed E-state index contributed by atoms with van der Waals surface area (Å²) in [6, 6.07) is 8.41. The van der Waals surface area contributed by atoms with E-state index >= 15 is 0 Å². The van der Waals surface area contributed by atoms with Crippen LogP contribution in [0.3, 0.4) is 0 Å². The summed E-state index contributed by atoms with van der Waals surface area (Å²) in [5.74, 6) is 0. The molecular formula is C11H9F3N2. The molecule has 1 heterocycles. The zero-order chi connectivity index (χ0) is 11.8. The Bertz CT molecular complexity index is 486. The summed E-state index contributed by atoms with van der Waals surface area (Å²) in [5.41, 5.74) is -0.246. The van der Waals surface area contributed by atoms with Gasteiger partial charge >= 0.3 is 6.18 Å². The Labute approximate surface area is 90.4 Å². The van der Waals surface area contributed by atoms with Crippen molar-refractivity contribution < 1.29 is 13.2 Å². The van der Waals surface area contributed by atoms with Gasteiger partial charge in [0.15, 0.2) is 5.69 Å². The molecule has 0 amide bonds. The average molecular weight is 226 g/mol. The molecule has 0 spiro atoms. The van der Waals surface area contributed by atoms with Gasteiger partial charge in [0.1, 0.15) is 0 Å². The lowest BCUT2D eigenvalue weighted by Crippen LogP contribution is -2.08. The molecule has 0 aliphatic heterocycles. The number of aryl methyl sites for hydroxylation is 1. The molecule has 0 unspecified atom stereocenters. The highest BCUT2D eigenvalue weighted by atomic mass is 19.4. The van der Waals surface area contributed by atoms with Crippen molar-refractivity contribution in [2.45, 2.75) is 6.18 Å². The molecule has 0 aliphatic carbocycles. The highest BCUT2D eigenvalue weighted by molar-refractivity contribution is 5.62. The second kappa shape index (κ2) is 3.66. The molecule has 0 atom stereocenters. The number of halogens is 3. The Morgan fingerprint density at radius 1 is 1.12 bits per heavy atom. The smallest absolute Gasteiger partial charge is 0.333 e. The number of aromatic nitrogens is 2. The Kier molecular flexibility index (Phi) is 2.46. The number of rotatable bonds is 1. The molecular weight excluding hydrogens is 217 g/mol. The molecule has 0 saturated heterocycles. The van der Waals surface area contributed by atoms with Crippen molar-refractivity contribution in [2.24, 2.45) is 7.05 Å². The molecule has 1 aromatic carbocycles. The van der Waals surface area contributed by atoms with Crippen molar-refractivity contribution >= 4 is 0 Å². The molecule has 2 rings (SSSR count). The summed E-state index contributed by atoms with van der Waals surface area (Å²) < 4.78 is 39.4. The lowest BCUT2D eigenvalue weighted by Gasteiger charge is -2.08. The van der Waals surface area contributed by atoms with Gasteiger partial charge in [-0.3, -0.25) is 0 Å². The number of hydrogen-bond acceptors (Lipinski definition) is 1. The zero-order valence-corrected chi connectivity index (χ0v) is 8.49. The molecule has 2 nitrogen and oxygen atoms in total. The number of hydrogen-bond donors (Lipinski definition) is 0. The van der Waals surface area contributed by atoms with E-state index in [4.69, 9.17) is 0 Å². The van der Waals surface area contributed by atoms with E-state index in [0.29, 0.717) is 5.56 Å². The third-order valence-electron chi connectivity index (χ3n) is 2.25. The minimum atomic E-state index is -4.42. The molecule has 16 heavy (non-hydrogen) atoms. The summed E-state index contributed by atoms with van der Waals surface area (Å²) in [6.07, 6.45) is -3.25. The van der Waals surface area contributed by atoms with Crippen LogP contribution in [-0.4, -0.2) is 9.55 Å². The summed E-state index contributed by atoms with van der Waals surface area (Å²) in [5, 5.41) is 0. The Balaban J connectivity index is 2.61. The number of alkyl halides is 3. The van der Waals surface area contributed by atoms with E-state index in [-0.39, 0.29) is 5.69 Å². The predicted octanol–water partition coefficient (Wildman–Crippen LogP) is 3.11. The van der Waals surface area contributed by atoms with Gasteiger partial charge in [-0.25, -0.2) is 4.98 Å². The Morgan fingerprint density at radius 3 is 2.31 bits per heavy atom. The van der Waals surface area contributed by atoms with Crippen LogP contribution >= 0.6 is 0 Å². The molecule has 0 radical (unpaired) electrons. The van der Waals surface area contributed by atoms with Crippen LogP contribution in [0.2, 0.25) is 0 Å². The van der Waals surface area contributed by atoms with E-state index in [1.807, 2.05) is 0 Å². The molecule has 0 aliphatic rings. The number of imidazole rings is 1. The first-order valence-corrected chi connectivity index (χ1v) is 4.64. The van der Waals surface area contributed by atoms with Crippen LogP contribution in [0.15, 0.2) is 36.7 Å². The molecule has 0 N–H and O–H groups in total. The maximum Gasteiger partial charge on any atom is 0.435 e. The fourth-order valence-corrected chi connectivity index (χ4v) is 1.57. The summed E-state index contributed by atoms with van der Waals surface area (Å²) in [4.78, 5) is 3.40. The van der Waals surface area contributed by atoms with Crippen molar-refractivity contribution in [3.05, 3.63) is 42.4 Å². The van der Waals surface area contributed by atoms with Gasteiger partial charge in [0.25, 0.3) is 0 Å². The van der Waals surface area contributed by atoms with Crippen LogP contribution in [0, 0.1) is 0 Å². The van der Waals surface area contributed by atoms with Crippen LogP contribution in [0.1, 0.15) is 5.69 Å². The fourth-order valence-electron chi connectivity index (χ4n) is 1.57. The molecule has 1 aromatic heterocycles. The molecule has 84 valence electrons. The van der Waals surface area contributed by atoms with Crippen LogP contribution < -0.4 is 0 Å². The first-order chi connectivity index (χ1) is 7.50. The van der Waals surface area contributed by atoms with Gasteiger partial charge in [-0.05, 0) is 0 Å². The van der Waals surface area contributed by atoms with Crippen molar-refractivity contribution in [2.75, 3.05) is 0 Å². The molecule has 0 saturated carbocycles. The van der Waals surface area contributed by atoms with Gasteiger partial charge in [0.05, 0.1) is 12.0 Å². The van der Waals surface area contributed by atoms with Gasteiger partial charge in [0, 0.05) is 12.6 Å². The standard InChI is InChI=1S/C11H9F3N2/c1-16-7-15-10(11(12,13)14)9(16)8-5-3-2-4-6-8/h2-7H,1H3. The van der Waals surface area contributed by atoms with E-state index in [1.165, 1.54) is 10.9 Å². The summed E-state index contributed by atoms with van der Waals surface area (Å²) in [6.45, 7) is 0. The molecule has 5 heteroatoms. The van der Waals surface area contributed by atoms with Crippen LogP contribution in [-0.2, 0) is 13.2 Å². The Hall–Kier alpha value is -1.78. The highest BCUT2D eigenvalue weighted by Gasteiger charge is 2.37. The topological polar surface area (TPSA) is 17.8 Å². The van der Waals surface area contributed by atoms with Gasteiger partial charge in [-0.15, -0.1) is 0 Å². The van der Waals surface area contributed by atoms with E-state index < -0.39 is 11.9 Å². The average Bonchev–Trinajstić information content (AvgIpc) is 2.61. The van der Waals surface area contributed by atoms with Crippen LogP contribution in [0.4, 0.5) is 13.2 Å². The second-order valence-corrected chi connectivity index (χ2v) is 3.42. The molecule has 0 bridgehead atoms. The van der Waals surface area contributed by atoms with Gasteiger partial charge in [-0.2, -0.15) is 13.2 Å². The van der Waals surface area contributed by atoms with Crippen molar-refractivity contribution in [1.82, 2.24) is 9.55 Å². The zero-order valence-electron chi connectivity index (χ0n) is 8.49. The largest absolute Gasteiger partial charge is 0.435 e. The van der Waals surface area contributed by atoms with Gasteiger partial charge in [0.2, 0.25) is 0 Å². The molecule has 2 aromatic rings. The minimum Gasteiger partial charge on any atom is -0.333 e. The predicted molar refractivity (Wildman–Crippen MR) is 53.6 cm³/mol.